The van der Waals surface area contributed by atoms with E-state index in [1.54, 1.807) is 0 Å². The average molecular weight is 215 g/mol. The van der Waals surface area contributed by atoms with Crippen LogP contribution in [0.1, 0.15) is 25.6 Å². The molecule has 14 heavy (non-hydrogen) atoms. The largest absolute Gasteiger partial charge is 0.381 e. The van der Waals surface area contributed by atoms with Crippen LogP contribution in [0.4, 0.5) is 0 Å². The second-order valence-corrected chi connectivity index (χ2v) is 3.58. The van der Waals surface area contributed by atoms with E-state index < -0.39 is 0 Å². The molecule has 0 bridgehead atoms. The van der Waals surface area contributed by atoms with Gasteiger partial charge in [-0.3, -0.25) is 5.10 Å². The molecular weight excluding hydrogens is 198 g/mol. The Morgan fingerprint density at radius 3 is 2.86 bits per heavy atom. The Balaban J connectivity index is 2.28. The normalized spacial score (nSPS) is 10.7. The second kappa shape index (κ2) is 5.93. The van der Waals surface area contributed by atoms with Crippen LogP contribution < -0.4 is 0 Å². The molecule has 0 atom stereocenters. The highest BCUT2D eigenvalue weighted by atomic mass is 32.1. The molecule has 0 unspecified atom stereocenters. The number of H-pyrrole nitrogens is 1. The zero-order valence-corrected chi connectivity index (χ0v) is 9.56. The average Bonchev–Trinajstić information content (AvgIpc) is 2.48. The lowest BCUT2D eigenvalue weighted by Gasteiger charge is -2.04. The first kappa shape index (κ1) is 11.4. The van der Waals surface area contributed by atoms with Crippen molar-refractivity contribution >= 4 is 12.2 Å². The van der Waals surface area contributed by atoms with Crippen molar-refractivity contribution in [3.05, 3.63) is 10.6 Å². The SMILES string of the molecule is CCCOCCCn1c(C)n[nH]c1=S. The minimum atomic E-state index is 0.693. The molecule has 0 aliphatic heterocycles. The summed E-state index contributed by atoms with van der Waals surface area (Å²) < 4.78 is 8.07. The number of hydrogen-bond acceptors (Lipinski definition) is 3. The zero-order valence-electron chi connectivity index (χ0n) is 8.75. The van der Waals surface area contributed by atoms with E-state index in [4.69, 9.17) is 17.0 Å². The highest BCUT2D eigenvalue weighted by Gasteiger charge is 1.99. The Kier molecular flexibility index (Phi) is 4.82. The number of nitrogens with one attached hydrogen (secondary N) is 1. The Bertz CT molecular complexity index is 318. The van der Waals surface area contributed by atoms with Gasteiger partial charge in [0.15, 0.2) is 4.77 Å². The molecule has 0 saturated heterocycles. The van der Waals surface area contributed by atoms with Crippen molar-refractivity contribution < 1.29 is 4.74 Å². The van der Waals surface area contributed by atoms with Crippen molar-refractivity contribution in [1.29, 1.82) is 0 Å². The fourth-order valence-electron chi connectivity index (χ4n) is 1.23. The van der Waals surface area contributed by atoms with Crippen LogP contribution >= 0.6 is 12.2 Å². The third kappa shape index (κ3) is 3.23. The van der Waals surface area contributed by atoms with Crippen LogP contribution in [0.5, 0.6) is 0 Å². The summed E-state index contributed by atoms with van der Waals surface area (Å²) in [5.74, 6) is 0.936. The van der Waals surface area contributed by atoms with Crippen molar-refractivity contribution in [2.75, 3.05) is 13.2 Å². The van der Waals surface area contributed by atoms with Crippen LogP contribution in [0.3, 0.4) is 0 Å². The predicted molar refractivity (Wildman–Crippen MR) is 57.9 cm³/mol. The van der Waals surface area contributed by atoms with Gasteiger partial charge in [0.2, 0.25) is 0 Å². The van der Waals surface area contributed by atoms with Gasteiger partial charge in [-0.1, -0.05) is 6.92 Å². The summed E-state index contributed by atoms with van der Waals surface area (Å²) in [6.07, 6.45) is 2.05. The van der Waals surface area contributed by atoms with Crippen LogP contribution in [0.2, 0.25) is 0 Å². The standard InChI is InChI=1S/C9H17N3OS/c1-3-6-13-7-4-5-12-8(2)10-11-9(12)14/h3-7H2,1-2H3,(H,11,14). The van der Waals surface area contributed by atoms with E-state index in [0.717, 1.165) is 38.4 Å². The monoisotopic (exact) mass is 215 g/mol. The summed E-state index contributed by atoms with van der Waals surface area (Å²) in [7, 11) is 0. The van der Waals surface area contributed by atoms with Gasteiger partial charge in [0.1, 0.15) is 5.82 Å². The number of ether oxygens (including phenoxy) is 1. The Hall–Kier alpha value is -0.680. The summed E-state index contributed by atoms with van der Waals surface area (Å²) in [5.41, 5.74) is 0. The van der Waals surface area contributed by atoms with Gasteiger partial charge in [-0.2, -0.15) is 5.10 Å². The first-order chi connectivity index (χ1) is 6.75. The van der Waals surface area contributed by atoms with Crippen LogP contribution in [-0.4, -0.2) is 28.0 Å². The molecule has 0 aliphatic rings. The molecule has 0 aliphatic carbocycles. The van der Waals surface area contributed by atoms with Gasteiger partial charge in [-0.25, -0.2) is 0 Å². The van der Waals surface area contributed by atoms with E-state index in [9.17, 15) is 0 Å². The minimum Gasteiger partial charge on any atom is -0.381 e. The van der Waals surface area contributed by atoms with Crippen molar-refractivity contribution in [2.24, 2.45) is 0 Å². The van der Waals surface area contributed by atoms with Crippen molar-refractivity contribution in [2.45, 2.75) is 33.2 Å². The fourth-order valence-corrected chi connectivity index (χ4v) is 1.50. The van der Waals surface area contributed by atoms with E-state index in [-0.39, 0.29) is 0 Å². The van der Waals surface area contributed by atoms with Gasteiger partial charge in [-0.15, -0.1) is 0 Å². The Morgan fingerprint density at radius 2 is 2.29 bits per heavy atom. The van der Waals surface area contributed by atoms with Crippen molar-refractivity contribution in [3.63, 3.8) is 0 Å². The smallest absolute Gasteiger partial charge is 0.195 e. The van der Waals surface area contributed by atoms with Gasteiger partial charge in [-0.05, 0) is 32.0 Å². The highest BCUT2D eigenvalue weighted by Crippen LogP contribution is 1.98. The van der Waals surface area contributed by atoms with Gasteiger partial charge in [0, 0.05) is 19.8 Å². The van der Waals surface area contributed by atoms with E-state index >= 15 is 0 Å². The highest BCUT2D eigenvalue weighted by molar-refractivity contribution is 7.71. The summed E-state index contributed by atoms with van der Waals surface area (Å²) in [5, 5.41) is 6.80. The second-order valence-electron chi connectivity index (χ2n) is 3.19. The topological polar surface area (TPSA) is 42.8 Å². The Labute approximate surface area is 89.3 Å². The molecule has 0 aromatic carbocycles. The number of nitrogens with zero attached hydrogens (tertiary/aromatic N) is 2. The van der Waals surface area contributed by atoms with Gasteiger partial charge >= 0.3 is 0 Å². The van der Waals surface area contributed by atoms with Crippen LogP contribution in [0, 0.1) is 11.7 Å². The number of aromatic amines is 1. The summed E-state index contributed by atoms with van der Waals surface area (Å²) >= 11 is 5.08. The lowest BCUT2D eigenvalue weighted by atomic mass is 10.4. The maximum Gasteiger partial charge on any atom is 0.195 e. The minimum absolute atomic E-state index is 0.693. The molecule has 1 rings (SSSR count). The maximum absolute atomic E-state index is 5.38. The molecule has 4 nitrogen and oxygen atoms in total. The van der Waals surface area contributed by atoms with E-state index in [0.29, 0.717) is 4.77 Å². The van der Waals surface area contributed by atoms with Gasteiger partial charge in [0.05, 0.1) is 0 Å². The van der Waals surface area contributed by atoms with Crippen LogP contribution in [0.25, 0.3) is 0 Å². The lowest BCUT2D eigenvalue weighted by Crippen LogP contribution is -2.05. The molecule has 1 heterocycles. The quantitative estimate of drug-likeness (QED) is 0.583. The summed E-state index contributed by atoms with van der Waals surface area (Å²) in [6.45, 7) is 6.57. The summed E-state index contributed by atoms with van der Waals surface area (Å²) in [6, 6.07) is 0. The third-order valence-corrected chi connectivity index (χ3v) is 2.28. The molecule has 1 N–H and O–H groups in total. The zero-order chi connectivity index (χ0) is 10.4. The molecule has 80 valence electrons. The summed E-state index contributed by atoms with van der Waals surface area (Å²) in [4.78, 5) is 0. The third-order valence-electron chi connectivity index (χ3n) is 1.97. The van der Waals surface area contributed by atoms with E-state index in [1.807, 2.05) is 11.5 Å². The molecule has 0 fully saturated rings. The fraction of sp³-hybridized carbons (Fsp3) is 0.778. The molecule has 1 aromatic rings. The molecule has 1 aromatic heterocycles. The number of hydrogen-bond donors (Lipinski definition) is 1. The molecule has 0 amide bonds. The predicted octanol–water partition coefficient (Wildman–Crippen LogP) is 2.07. The molecule has 0 saturated carbocycles. The molecule has 0 spiro atoms. The molecular formula is C9H17N3OS. The van der Waals surface area contributed by atoms with Crippen LogP contribution in [-0.2, 0) is 11.3 Å². The molecule has 5 heteroatoms. The van der Waals surface area contributed by atoms with Crippen molar-refractivity contribution in [1.82, 2.24) is 14.8 Å². The lowest BCUT2D eigenvalue weighted by molar-refractivity contribution is 0.129. The first-order valence-electron chi connectivity index (χ1n) is 4.95. The first-order valence-corrected chi connectivity index (χ1v) is 5.36. The number of aryl methyl sites for hydroxylation is 1. The van der Waals surface area contributed by atoms with Crippen LogP contribution in [0.15, 0.2) is 0 Å². The Morgan fingerprint density at radius 1 is 1.50 bits per heavy atom. The number of rotatable bonds is 6. The number of aromatic nitrogens is 3. The van der Waals surface area contributed by atoms with E-state index in [2.05, 4.69) is 17.1 Å². The van der Waals surface area contributed by atoms with E-state index in [1.165, 1.54) is 0 Å². The maximum atomic E-state index is 5.38. The molecule has 0 radical (unpaired) electrons. The van der Waals surface area contributed by atoms with Gasteiger partial charge in [0.25, 0.3) is 0 Å². The van der Waals surface area contributed by atoms with Gasteiger partial charge < -0.3 is 9.30 Å². The van der Waals surface area contributed by atoms with Crippen molar-refractivity contribution in [3.8, 4) is 0 Å².